The average molecular weight is 257 g/mol. The topological polar surface area (TPSA) is 64.8 Å². The van der Waals surface area contributed by atoms with Gasteiger partial charge in [0.25, 0.3) is 0 Å². The molecule has 2 fully saturated rings. The molecule has 0 amide bonds. The van der Waals surface area contributed by atoms with Crippen LogP contribution in [-0.2, 0) is 0 Å². The van der Waals surface area contributed by atoms with E-state index in [4.69, 9.17) is 5.26 Å². The van der Waals surface area contributed by atoms with Crippen molar-refractivity contribution in [2.45, 2.75) is 37.8 Å². The molecule has 2 aliphatic rings. The largest absolute Gasteiger partial charge is 0.367 e. The Kier molecular flexibility index (Phi) is 3.34. The van der Waals surface area contributed by atoms with Crippen molar-refractivity contribution in [3.05, 3.63) is 17.8 Å². The lowest BCUT2D eigenvalue weighted by Crippen LogP contribution is -2.41. The number of nitrogens with zero attached hydrogens (tertiary/aromatic N) is 4. The van der Waals surface area contributed by atoms with Crippen LogP contribution in [0.2, 0.25) is 0 Å². The Bertz CT molecular complexity index is 481. The molecule has 1 aromatic rings. The van der Waals surface area contributed by atoms with Crippen molar-refractivity contribution < 1.29 is 0 Å². The minimum atomic E-state index is 0.575. The molecule has 19 heavy (non-hydrogen) atoms. The van der Waals surface area contributed by atoms with Gasteiger partial charge in [-0.3, -0.25) is 0 Å². The molecule has 5 heteroatoms. The summed E-state index contributed by atoms with van der Waals surface area (Å²) < 4.78 is 0. The predicted octanol–water partition coefficient (Wildman–Crippen LogP) is 1.63. The normalized spacial score (nSPS) is 30.0. The first kappa shape index (κ1) is 12.4. The quantitative estimate of drug-likeness (QED) is 0.891. The molecule has 1 aromatic heterocycles. The highest BCUT2D eigenvalue weighted by Gasteiger charge is 2.38. The molecule has 0 aromatic carbocycles. The zero-order chi connectivity index (χ0) is 13.2. The lowest BCUT2D eigenvalue weighted by atomic mass is 9.91. The maximum absolute atomic E-state index is 9.02. The zero-order valence-corrected chi connectivity index (χ0v) is 11.2. The Morgan fingerprint density at radius 1 is 1.42 bits per heavy atom. The summed E-state index contributed by atoms with van der Waals surface area (Å²) in [6, 6.07) is 5.35. The van der Waals surface area contributed by atoms with Gasteiger partial charge in [0, 0.05) is 18.6 Å². The number of fused-ring (bicyclic) bond motifs is 2. The Balaban J connectivity index is 1.60. The van der Waals surface area contributed by atoms with Gasteiger partial charge in [-0.05, 0) is 44.7 Å². The highest BCUT2D eigenvalue weighted by molar-refractivity contribution is 5.50. The van der Waals surface area contributed by atoms with Crippen LogP contribution in [0.25, 0.3) is 0 Å². The second kappa shape index (κ2) is 5.14. The first-order valence-corrected chi connectivity index (χ1v) is 6.95. The second-order valence-electron chi connectivity index (χ2n) is 5.67. The maximum atomic E-state index is 9.02. The van der Waals surface area contributed by atoms with Gasteiger partial charge in [0.15, 0.2) is 5.82 Å². The van der Waals surface area contributed by atoms with E-state index in [1.165, 1.54) is 25.7 Å². The summed E-state index contributed by atoms with van der Waals surface area (Å²) >= 11 is 0. The van der Waals surface area contributed by atoms with Gasteiger partial charge in [0.2, 0.25) is 0 Å². The molecule has 2 saturated heterocycles. The Hall–Kier alpha value is -1.67. The van der Waals surface area contributed by atoms with Crippen molar-refractivity contribution in [2.75, 3.05) is 18.9 Å². The third kappa shape index (κ3) is 2.41. The van der Waals surface area contributed by atoms with E-state index in [-0.39, 0.29) is 0 Å². The number of hydrogen-bond acceptors (Lipinski definition) is 5. The fourth-order valence-corrected chi connectivity index (χ4v) is 3.48. The van der Waals surface area contributed by atoms with Crippen molar-refractivity contribution in [3.8, 4) is 6.07 Å². The monoisotopic (exact) mass is 257 g/mol. The van der Waals surface area contributed by atoms with Crippen molar-refractivity contribution >= 4 is 5.82 Å². The minimum absolute atomic E-state index is 0.575. The second-order valence-corrected chi connectivity index (χ2v) is 5.67. The maximum Gasteiger partial charge on any atom is 0.166 e. The number of nitriles is 1. The van der Waals surface area contributed by atoms with E-state index in [2.05, 4.69) is 33.5 Å². The number of hydrogen-bond donors (Lipinski definition) is 1. The van der Waals surface area contributed by atoms with Gasteiger partial charge in [0.1, 0.15) is 6.07 Å². The Labute approximate surface area is 113 Å². The summed E-state index contributed by atoms with van der Waals surface area (Å²) in [5, 5.41) is 20.2. The van der Waals surface area contributed by atoms with E-state index in [0.717, 1.165) is 18.6 Å². The van der Waals surface area contributed by atoms with Crippen LogP contribution in [0.5, 0.6) is 0 Å². The Morgan fingerprint density at radius 3 is 2.84 bits per heavy atom. The summed E-state index contributed by atoms with van der Waals surface area (Å²) in [5.74, 6) is 1.30. The highest BCUT2D eigenvalue weighted by Crippen LogP contribution is 2.37. The summed E-state index contributed by atoms with van der Waals surface area (Å²) in [4.78, 5) is 2.54. The number of aromatic nitrogens is 2. The lowest BCUT2D eigenvalue weighted by Gasteiger charge is -2.36. The molecule has 1 N–H and O–H groups in total. The van der Waals surface area contributed by atoms with E-state index >= 15 is 0 Å². The van der Waals surface area contributed by atoms with Crippen molar-refractivity contribution in [2.24, 2.45) is 5.92 Å². The molecule has 3 rings (SSSR count). The number of anilines is 1. The molecule has 100 valence electrons. The van der Waals surface area contributed by atoms with Gasteiger partial charge in [-0.15, -0.1) is 5.10 Å². The number of piperidine rings is 1. The summed E-state index contributed by atoms with van der Waals surface area (Å²) in [6.07, 6.45) is 6.74. The van der Waals surface area contributed by atoms with Crippen molar-refractivity contribution in [1.29, 1.82) is 5.26 Å². The Morgan fingerprint density at radius 2 is 2.16 bits per heavy atom. The fraction of sp³-hybridized carbons (Fsp3) is 0.643. The lowest BCUT2D eigenvalue weighted by molar-refractivity contribution is 0.139. The van der Waals surface area contributed by atoms with Crippen LogP contribution in [0.15, 0.2) is 12.3 Å². The highest BCUT2D eigenvalue weighted by atomic mass is 15.2. The molecular weight excluding hydrogens is 238 g/mol. The van der Waals surface area contributed by atoms with Gasteiger partial charge < -0.3 is 10.2 Å². The first-order chi connectivity index (χ1) is 9.28. The third-order valence-electron chi connectivity index (χ3n) is 4.60. The van der Waals surface area contributed by atoms with Crippen molar-refractivity contribution in [3.63, 3.8) is 0 Å². The van der Waals surface area contributed by atoms with Crippen LogP contribution >= 0.6 is 0 Å². The van der Waals surface area contributed by atoms with E-state index in [9.17, 15) is 0 Å². The van der Waals surface area contributed by atoms with E-state index in [0.29, 0.717) is 17.3 Å². The predicted molar refractivity (Wildman–Crippen MR) is 72.5 cm³/mol. The van der Waals surface area contributed by atoms with Crippen LogP contribution in [0, 0.1) is 17.2 Å². The van der Waals surface area contributed by atoms with Gasteiger partial charge in [0.05, 0.1) is 11.8 Å². The van der Waals surface area contributed by atoms with Crippen molar-refractivity contribution in [1.82, 2.24) is 15.1 Å². The molecule has 2 unspecified atom stereocenters. The average Bonchev–Trinajstić information content (AvgIpc) is 2.67. The van der Waals surface area contributed by atoms with Crippen LogP contribution in [-0.4, -0.2) is 40.8 Å². The van der Waals surface area contributed by atoms with Gasteiger partial charge in [-0.1, -0.05) is 0 Å². The molecule has 2 bridgehead atoms. The van der Waals surface area contributed by atoms with Crippen LogP contribution in [0.3, 0.4) is 0 Å². The molecule has 3 heterocycles. The number of rotatable bonds is 3. The first-order valence-electron chi connectivity index (χ1n) is 6.95. The van der Waals surface area contributed by atoms with Gasteiger partial charge in [-0.2, -0.15) is 10.4 Å². The van der Waals surface area contributed by atoms with E-state index in [1.807, 2.05) is 0 Å². The standard InChI is InChI=1S/C14H19N5/c1-19-12-2-3-13(19)7-10(6-12)9-16-14-11(8-15)4-5-17-18-14/h4-5,10,12-13H,2-3,6-7,9H2,1H3,(H,16,18). The molecule has 2 atom stereocenters. The molecule has 2 aliphatic heterocycles. The minimum Gasteiger partial charge on any atom is -0.367 e. The van der Waals surface area contributed by atoms with E-state index < -0.39 is 0 Å². The SMILES string of the molecule is CN1C2CCC1CC(CNc1nnccc1C#N)C2. The summed E-state index contributed by atoms with van der Waals surface area (Å²) in [5.41, 5.74) is 0.575. The van der Waals surface area contributed by atoms with Gasteiger partial charge >= 0.3 is 0 Å². The molecular formula is C14H19N5. The molecule has 0 saturated carbocycles. The molecule has 0 spiro atoms. The fourth-order valence-electron chi connectivity index (χ4n) is 3.48. The molecule has 0 aliphatic carbocycles. The van der Waals surface area contributed by atoms with E-state index in [1.54, 1.807) is 12.3 Å². The number of nitrogens with one attached hydrogen (secondary N) is 1. The van der Waals surface area contributed by atoms with Crippen LogP contribution < -0.4 is 5.32 Å². The third-order valence-corrected chi connectivity index (χ3v) is 4.60. The van der Waals surface area contributed by atoms with Crippen LogP contribution in [0.1, 0.15) is 31.2 Å². The van der Waals surface area contributed by atoms with Crippen LogP contribution in [0.4, 0.5) is 5.82 Å². The summed E-state index contributed by atoms with van der Waals surface area (Å²) in [6.45, 7) is 0.897. The molecule has 0 radical (unpaired) electrons. The smallest absolute Gasteiger partial charge is 0.166 e. The zero-order valence-electron chi connectivity index (χ0n) is 11.2. The summed E-state index contributed by atoms with van der Waals surface area (Å²) in [7, 11) is 2.25. The molecule has 5 nitrogen and oxygen atoms in total. The van der Waals surface area contributed by atoms with Gasteiger partial charge in [-0.25, -0.2) is 0 Å².